The second-order valence-electron chi connectivity index (χ2n) is 7.59. The van der Waals surface area contributed by atoms with Crippen LogP contribution in [-0.2, 0) is 0 Å². The van der Waals surface area contributed by atoms with Crippen LogP contribution in [0.3, 0.4) is 0 Å². The van der Waals surface area contributed by atoms with E-state index in [1.807, 2.05) is 19.3 Å². The topological polar surface area (TPSA) is 41.1 Å². The maximum atomic E-state index is 4.82. The molecule has 29 heavy (non-hydrogen) atoms. The van der Waals surface area contributed by atoms with Crippen LogP contribution in [0.4, 0.5) is 11.8 Å². The number of aromatic nitrogens is 2. The molecular weight excluding hydrogens is 471 g/mol. The van der Waals surface area contributed by atoms with Gasteiger partial charge in [-0.15, -0.1) is 12.3 Å². The zero-order valence-electron chi connectivity index (χ0n) is 16.7. The molecule has 0 saturated heterocycles. The molecular formula is C24H25IN4. The van der Waals surface area contributed by atoms with Gasteiger partial charge in [-0.2, -0.15) is 4.98 Å². The fourth-order valence-electron chi connectivity index (χ4n) is 4.11. The van der Waals surface area contributed by atoms with Gasteiger partial charge in [0, 0.05) is 34.0 Å². The van der Waals surface area contributed by atoms with E-state index in [9.17, 15) is 0 Å². The largest absolute Gasteiger partial charge is 0.351 e. The molecule has 148 valence electrons. The highest BCUT2D eigenvalue weighted by atomic mass is 127. The molecule has 0 unspecified atom stereocenters. The van der Waals surface area contributed by atoms with Gasteiger partial charge in [0.25, 0.3) is 0 Å². The predicted molar refractivity (Wildman–Crippen MR) is 130 cm³/mol. The molecule has 0 bridgehead atoms. The first-order chi connectivity index (χ1) is 14.1. The Labute approximate surface area is 186 Å². The lowest BCUT2D eigenvalue weighted by atomic mass is 9.86. The summed E-state index contributed by atoms with van der Waals surface area (Å²) in [6.07, 6.45) is 10.7. The first-order valence-electron chi connectivity index (χ1n) is 9.97. The minimum absolute atomic E-state index is 0.421. The van der Waals surface area contributed by atoms with E-state index in [4.69, 9.17) is 4.98 Å². The summed E-state index contributed by atoms with van der Waals surface area (Å²) in [7, 11) is 2.02. The fourth-order valence-corrected chi connectivity index (χ4v) is 4.79. The van der Waals surface area contributed by atoms with Crippen molar-refractivity contribution in [3.05, 3.63) is 75.8 Å². The van der Waals surface area contributed by atoms with Crippen LogP contribution >= 0.6 is 22.6 Å². The molecule has 0 radical (unpaired) electrons. The van der Waals surface area contributed by atoms with Crippen molar-refractivity contribution in [3.8, 4) is 0 Å². The monoisotopic (exact) mass is 496 g/mol. The number of rotatable bonds is 4. The summed E-state index contributed by atoms with van der Waals surface area (Å²) in [4.78, 5) is 11.5. The van der Waals surface area contributed by atoms with Crippen molar-refractivity contribution in [2.24, 2.45) is 5.92 Å². The average Bonchev–Trinajstić information content (AvgIpc) is 2.75. The highest BCUT2D eigenvalue weighted by molar-refractivity contribution is 14.1. The molecule has 2 aliphatic rings. The van der Waals surface area contributed by atoms with Crippen molar-refractivity contribution in [3.63, 3.8) is 0 Å². The molecule has 4 rings (SSSR count). The van der Waals surface area contributed by atoms with Gasteiger partial charge in [-0.25, -0.2) is 4.98 Å². The first kappa shape index (κ1) is 19.9. The number of hydrogen-bond acceptors (Lipinski definition) is 4. The molecule has 5 heteroatoms. The Bertz CT molecular complexity index is 1010. The van der Waals surface area contributed by atoms with Crippen LogP contribution in [-0.4, -0.2) is 23.1 Å². The number of fused-ring (bicyclic) bond motifs is 1. The van der Waals surface area contributed by atoms with Gasteiger partial charge in [-0.1, -0.05) is 30.9 Å². The average molecular weight is 496 g/mol. The second kappa shape index (κ2) is 8.56. The van der Waals surface area contributed by atoms with Gasteiger partial charge in [0.1, 0.15) is 5.82 Å². The highest BCUT2D eigenvalue weighted by Crippen LogP contribution is 2.38. The lowest BCUT2D eigenvalue weighted by Crippen LogP contribution is -2.28. The number of nitrogens with one attached hydrogen (secondary N) is 1. The Morgan fingerprint density at radius 3 is 2.69 bits per heavy atom. The summed E-state index contributed by atoms with van der Waals surface area (Å²) in [6.45, 7) is 7.86. The van der Waals surface area contributed by atoms with E-state index < -0.39 is 0 Å². The fraction of sp³-hybridized carbons (Fsp3) is 0.292. The van der Waals surface area contributed by atoms with E-state index in [-0.39, 0.29) is 0 Å². The van der Waals surface area contributed by atoms with Crippen LogP contribution in [0.15, 0.2) is 61.1 Å². The third-order valence-electron chi connectivity index (χ3n) is 5.77. The van der Waals surface area contributed by atoms with Crippen LogP contribution < -0.4 is 10.2 Å². The highest BCUT2D eigenvalue weighted by Gasteiger charge is 2.25. The maximum absolute atomic E-state index is 4.82. The maximum Gasteiger partial charge on any atom is 0.224 e. The van der Waals surface area contributed by atoms with Gasteiger partial charge in [-0.05, 0) is 71.9 Å². The van der Waals surface area contributed by atoms with Crippen molar-refractivity contribution in [1.82, 2.24) is 9.97 Å². The molecule has 1 aliphatic carbocycles. The van der Waals surface area contributed by atoms with Gasteiger partial charge >= 0.3 is 0 Å². The first-order valence-corrected chi connectivity index (χ1v) is 11.1. The van der Waals surface area contributed by atoms with E-state index in [1.165, 1.54) is 16.4 Å². The second-order valence-corrected chi connectivity index (χ2v) is 8.75. The minimum Gasteiger partial charge on any atom is -0.351 e. The van der Waals surface area contributed by atoms with Gasteiger partial charge in [0.15, 0.2) is 0 Å². The summed E-state index contributed by atoms with van der Waals surface area (Å²) < 4.78 is 1.19. The van der Waals surface area contributed by atoms with Gasteiger partial charge in [-0.3, -0.25) is 0 Å². The molecule has 1 saturated carbocycles. The quantitative estimate of drug-likeness (QED) is 0.325. The standard InChI is InChI=1S/C24H25IN4/c1-4-16-10-12-18(13-11-16)27-24-26-15-17-14-20(19-8-6-7-9-21(19)25)22(5-2)29(3)23(17)28-24/h4,6-9,14-16,18H,1-2,10-13H2,3H3,(H,26,27,28). The number of nitrogens with zero attached hydrogens (tertiary/aromatic N) is 3. The van der Waals surface area contributed by atoms with E-state index >= 15 is 0 Å². The summed E-state index contributed by atoms with van der Waals surface area (Å²) in [5, 5.41) is 3.53. The number of benzene rings is 1. The van der Waals surface area contributed by atoms with Crippen LogP contribution in [0, 0.1) is 9.49 Å². The SMILES string of the molecule is C=C=C1C(c2ccccc2I)=Cc2cnc(NC3CCC(C=C)CC3)nc2N1C. The Morgan fingerprint density at radius 1 is 1.24 bits per heavy atom. The van der Waals surface area contributed by atoms with E-state index in [0.29, 0.717) is 17.9 Å². The van der Waals surface area contributed by atoms with Crippen LogP contribution in [0.5, 0.6) is 0 Å². The molecule has 1 N–H and O–H groups in total. The number of anilines is 2. The number of allylic oxidation sites excluding steroid dienone is 2. The molecule has 2 aromatic rings. The lowest BCUT2D eigenvalue weighted by molar-refractivity contribution is 0.390. The van der Waals surface area contributed by atoms with E-state index in [0.717, 1.165) is 41.1 Å². The molecule has 2 heterocycles. The van der Waals surface area contributed by atoms with Crippen LogP contribution in [0.2, 0.25) is 0 Å². The van der Waals surface area contributed by atoms with Gasteiger partial charge in [0.2, 0.25) is 5.95 Å². The molecule has 1 aliphatic heterocycles. The molecule has 1 fully saturated rings. The van der Waals surface area contributed by atoms with Crippen molar-refractivity contribution in [1.29, 1.82) is 0 Å². The molecule has 0 amide bonds. The normalized spacial score (nSPS) is 21.1. The molecule has 1 aromatic carbocycles. The molecule has 0 spiro atoms. The number of likely N-dealkylation sites (N-methyl/N-ethyl adjacent to an activating group) is 1. The minimum atomic E-state index is 0.421. The third-order valence-corrected chi connectivity index (χ3v) is 6.71. The van der Waals surface area contributed by atoms with Crippen molar-refractivity contribution in [2.45, 2.75) is 31.7 Å². The summed E-state index contributed by atoms with van der Waals surface area (Å²) in [6, 6.07) is 8.76. The summed E-state index contributed by atoms with van der Waals surface area (Å²) >= 11 is 2.37. The zero-order valence-corrected chi connectivity index (χ0v) is 18.8. The van der Waals surface area contributed by atoms with Crippen molar-refractivity contribution in [2.75, 3.05) is 17.3 Å². The Hall–Kier alpha value is -2.37. The van der Waals surface area contributed by atoms with E-state index in [2.05, 4.69) is 87.0 Å². The number of hydrogen-bond donors (Lipinski definition) is 1. The Kier molecular flexibility index (Phi) is 5.88. The molecule has 0 atom stereocenters. The van der Waals surface area contributed by atoms with Gasteiger partial charge < -0.3 is 10.2 Å². The number of halogens is 1. The Balaban J connectivity index is 1.64. The zero-order chi connectivity index (χ0) is 20.4. The summed E-state index contributed by atoms with van der Waals surface area (Å²) in [5.74, 6) is 2.21. The molecule has 4 nitrogen and oxygen atoms in total. The van der Waals surface area contributed by atoms with Crippen LogP contribution in [0.1, 0.15) is 36.8 Å². The predicted octanol–water partition coefficient (Wildman–Crippen LogP) is 5.90. The van der Waals surface area contributed by atoms with Crippen molar-refractivity contribution >= 4 is 46.0 Å². The van der Waals surface area contributed by atoms with Crippen molar-refractivity contribution < 1.29 is 0 Å². The van der Waals surface area contributed by atoms with Crippen LogP contribution in [0.25, 0.3) is 11.6 Å². The summed E-state index contributed by atoms with van der Waals surface area (Å²) in [5.41, 5.74) is 7.30. The van der Waals surface area contributed by atoms with E-state index in [1.54, 1.807) is 0 Å². The smallest absolute Gasteiger partial charge is 0.224 e. The lowest BCUT2D eigenvalue weighted by Gasteiger charge is -2.30. The Morgan fingerprint density at radius 2 is 2.00 bits per heavy atom. The third kappa shape index (κ3) is 4.02. The van der Waals surface area contributed by atoms with Gasteiger partial charge in [0.05, 0.1) is 5.70 Å². The molecule has 1 aromatic heterocycles.